The Labute approximate surface area is 225 Å². The molecule has 0 spiro atoms. The van der Waals surface area contributed by atoms with Gasteiger partial charge >= 0.3 is 0 Å². The number of H-pyrrole nitrogens is 1. The molecule has 1 aliphatic rings. The number of fused-ring (bicyclic) bond motifs is 1. The van der Waals surface area contributed by atoms with E-state index in [1.165, 1.54) is 12.3 Å². The van der Waals surface area contributed by atoms with E-state index in [0.29, 0.717) is 34.3 Å². The number of benzene rings is 1. The first-order valence-electron chi connectivity index (χ1n) is 12.2. The number of aromatic nitrogens is 2. The second kappa shape index (κ2) is 11.0. The number of hydrogen-bond donors (Lipinski definition) is 3. The van der Waals surface area contributed by atoms with Crippen LogP contribution in [0.1, 0.15) is 15.2 Å². The number of carbonyl (C=O) groups excluding carboxylic acids is 1. The first-order chi connectivity index (χ1) is 18.3. The fourth-order valence-corrected chi connectivity index (χ4v) is 6.02. The van der Waals surface area contributed by atoms with E-state index < -0.39 is 9.84 Å². The van der Waals surface area contributed by atoms with E-state index in [1.807, 2.05) is 23.7 Å². The average Bonchev–Trinajstić information content (AvgIpc) is 3.55. The number of nitrogens with one attached hydrogen (secondary N) is 2. The molecular weight excluding hydrogens is 522 g/mol. The standard InChI is InChI=1S/C27H29N5O4S2/c1-31-10-12-32(13-11-31)9-3-15-38(35,36)21-6-8-24(28-18-21)25-22-16-19(5-7-23(22)30-27(25)34)26(33)29-17-20-4-2-14-37-20/h2-9,14,16,18,30,34H,10-13,15,17H2,1H3,(H,29,33). The minimum Gasteiger partial charge on any atom is -0.494 e. The summed E-state index contributed by atoms with van der Waals surface area (Å²) in [4.78, 5) is 25.5. The first-order valence-corrected chi connectivity index (χ1v) is 14.8. The fourth-order valence-electron chi connectivity index (χ4n) is 4.36. The molecular formula is C27H29N5O4S2. The fraction of sp³-hybridized carbons (Fsp3) is 0.259. The molecule has 1 fully saturated rings. The Morgan fingerprint density at radius 3 is 2.71 bits per heavy atom. The van der Waals surface area contributed by atoms with Crippen molar-refractivity contribution in [1.29, 1.82) is 0 Å². The number of amides is 1. The molecule has 5 rings (SSSR count). The van der Waals surface area contributed by atoms with Crippen molar-refractivity contribution in [3.63, 3.8) is 0 Å². The molecule has 0 radical (unpaired) electrons. The summed E-state index contributed by atoms with van der Waals surface area (Å²) in [5.41, 5.74) is 1.89. The number of sulfone groups is 1. The van der Waals surface area contributed by atoms with Crippen molar-refractivity contribution in [3.05, 3.63) is 76.8 Å². The molecule has 4 aromatic rings. The number of rotatable bonds is 8. The lowest BCUT2D eigenvalue weighted by atomic mass is 10.1. The van der Waals surface area contributed by atoms with Gasteiger partial charge in [0.1, 0.15) is 0 Å². The topological polar surface area (TPSA) is 119 Å². The van der Waals surface area contributed by atoms with Gasteiger partial charge in [0.15, 0.2) is 15.7 Å². The largest absolute Gasteiger partial charge is 0.494 e. The quantitative estimate of drug-likeness (QED) is 0.307. The van der Waals surface area contributed by atoms with Gasteiger partial charge in [-0.2, -0.15) is 0 Å². The Hall–Kier alpha value is -3.67. The monoisotopic (exact) mass is 551 g/mol. The minimum atomic E-state index is -3.56. The van der Waals surface area contributed by atoms with Gasteiger partial charge in [-0.05, 0) is 55.0 Å². The molecule has 198 valence electrons. The zero-order chi connectivity index (χ0) is 26.7. The summed E-state index contributed by atoms with van der Waals surface area (Å²) in [6.45, 7) is 4.07. The minimum absolute atomic E-state index is 0.102. The molecule has 1 aromatic carbocycles. The number of aromatic amines is 1. The van der Waals surface area contributed by atoms with Crippen LogP contribution in [0.4, 0.5) is 0 Å². The maximum atomic E-state index is 12.9. The third-order valence-electron chi connectivity index (χ3n) is 6.57. The maximum absolute atomic E-state index is 12.9. The molecule has 0 atom stereocenters. The van der Waals surface area contributed by atoms with Crippen molar-refractivity contribution >= 4 is 38.0 Å². The van der Waals surface area contributed by atoms with Gasteiger partial charge in [-0.15, -0.1) is 11.3 Å². The van der Waals surface area contributed by atoms with E-state index >= 15 is 0 Å². The van der Waals surface area contributed by atoms with Crippen molar-refractivity contribution < 1.29 is 18.3 Å². The molecule has 1 amide bonds. The highest BCUT2D eigenvalue weighted by atomic mass is 32.2. The number of thiophene rings is 1. The molecule has 3 N–H and O–H groups in total. The average molecular weight is 552 g/mol. The molecule has 0 bridgehead atoms. The molecule has 0 saturated carbocycles. The van der Waals surface area contributed by atoms with E-state index in [9.17, 15) is 18.3 Å². The van der Waals surface area contributed by atoms with Gasteiger partial charge in [0.2, 0.25) is 0 Å². The molecule has 0 aliphatic carbocycles. The Morgan fingerprint density at radius 2 is 2.00 bits per heavy atom. The lowest BCUT2D eigenvalue weighted by Gasteiger charge is -2.31. The molecule has 38 heavy (non-hydrogen) atoms. The second-order valence-corrected chi connectivity index (χ2v) is 12.3. The van der Waals surface area contributed by atoms with E-state index in [-0.39, 0.29) is 22.4 Å². The molecule has 9 nitrogen and oxygen atoms in total. The highest BCUT2D eigenvalue weighted by Gasteiger charge is 2.19. The van der Waals surface area contributed by atoms with Gasteiger partial charge in [-0.1, -0.05) is 12.1 Å². The summed E-state index contributed by atoms with van der Waals surface area (Å²) in [7, 11) is -1.49. The smallest absolute Gasteiger partial charge is 0.251 e. The van der Waals surface area contributed by atoms with Gasteiger partial charge in [-0.3, -0.25) is 9.78 Å². The number of piperazine rings is 1. The normalized spacial score (nSPS) is 14.9. The van der Waals surface area contributed by atoms with Crippen LogP contribution in [0.3, 0.4) is 0 Å². The lowest BCUT2D eigenvalue weighted by Crippen LogP contribution is -2.41. The van der Waals surface area contributed by atoms with Crippen LogP contribution in [0, 0.1) is 0 Å². The Balaban J connectivity index is 1.32. The number of likely N-dealkylation sites (N-methyl/N-ethyl adjacent to an activating group) is 1. The number of pyridine rings is 1. The SMILES string of the molecule is CN1CCN(C=CCS(=O)(=O)c2ccc(-c3c(O)[nH]c4ccc(C(=O)NCc5cccs5)cc34)nc2)CC1. The van der Waals surface area contributed by atoms with Gasteiger partial charge in [0, 0.05) is 53.7 Å². The van der Waals surface area contributed by atoms with E-state index in [2.05, 4.69) is 32.1 Å². The van der Waals surface area contributed by atoms with Gasteiger partial charge in [0.25, 0.3) is 5.91 Å². The van der Waals surface area contributed by atoms with Crippen molar-refractivity contribution in [2.24, 2.45) is 0 Å². The summed E-state index contributed by atoms with van der Waals surface area (Å²) < 4.78 is 25.7. The zero-order valence-corrected chi connectivity index (χ0v) is 22.6. The summed E-state index contributed by atoms with van der Waals surface area (Å²) >= 11 is 1.57. The van der Waals surface area contributed by atoms with E-state index in [1.54, 1.807) is 41.7 Å². The second-order valence-electron chi connectivity index (χ2n) is 9.26. The zero-order valence-electron chi connectivity index (χ0n) is 20.9. The number of carbonyl (C=O) groups is 1. The van der Waals surface area contributed by atoms with E-state index in [0.717, 1.165) is 31.1 Å². The van der Waals surface area contributed by atoms with E-state index in [4.69, 9.17) is 0 Å². The highest BCUT2D eigenvalue weighted by Crippen LogP contribution is 2.36. The Kier molecular flexibility index (Phi) is 7.50. The van der Waals surface area contributed by atoms with Crippen LogP contribution in [0.5, 0.6) is 5.88 Å². The molecule has 11 heteroatoms. The van der Waals surface area contributed by atoms with Crippen LogP contribution in [0.25, 0.3) is 22.2 Å². The summed E-state index contributed by atoms with van der Waals surface area (Å²) in [6.07, 6.45) is 4.83. The number of nitrogens with zero attached hydrogens (tertiary/aromatic N) is 3. The molecule has 0 unspecified atom stereocenters. The summed E-state index contributed by atoms with van der Waals surface area (Å²) in [5, 5.41) is 16.1. The number of aromatic hydroxyl groups is 1. The Bertz CT molecular complexity index is 1550. The third kappa shape index (κ3) is 5.74. The highest BCUT2D eigenvalue weighted by molar-refractivity contribution is 7.91. The van der Waals surface area contributed by atoms with Crippen LogP contribution in [0.2, 0.25) is 0 Å². The van der Waals surface area contributed by atoms with Crippen LogP contribution in [-0.2, 0) is 16.4 Å². The summed E-state index contributed by atoms with van der Waals surface area (Å²) in [5.74, 6) is -0.455. The maximum Gasteiger partial charge on any atom is 0.251 e. The van der Waals surface area contributed by atoms with Gasteiger partial charge in [0.05, 0.1) is 28.5 Å². The van der Waals surface area contributed by atoms with Crippen molar-refractivity contribution in [1.82, 2.24) is 25.1 Å². The van der Waals surface area contributed by atoms with Gasteiger partial charge in [-0.25, -0.2) is 8.42 Å². The first kappa shape index (κ1) is 26.0. The van der Waals surface area contributed by atoms with Crippen molar-refractivity contribution in [2.75, 3.05) is 39.0 Å². The number of hydrogen-bond acceptors (Lipinski definition) is 8. The Morgan fingerprint density at radius 1 is 1.18 bits per heavy atom. The molecule has 1 saturated heterocycles. The predicted octanol–water partition coefficient (Wildman–Crippen LogP) is 3.46. The van der Waals surface area contributed by atoms with Gasteiger partial charge < -0.3 is 25.2 Å². The molecule has 4 heterocycles. The van der Waals surface area contributed by atoms with Crippen LogP contribution >= 0.6 is 11.3 Å². The molecule has 1 aliphatic heterocycles. The van der Waals surface area contributed by atoms with Crippen LogP contribution < -0.4 is 5.32 Å². The van der Waals surface area contributed by atoms with Crippen molar-refractivity contribution in [3.8, 4) is 17.1 Å². The summed E-state index contributed by atoms with van der Waals surface area (Å²) in [6, 6.07) is 12.1. The molecule has 3 aromatic heterocycles. The van der Waals surface area contributed by atoms with Crippen LogP contribution in [-0.4, -0.2) is 78.2 Å². The van der Waals surface area contributed by atoms with Crippen LogP contribution in [0.15, 0.2) is 71.2 Å². The van der Waals surface area contributed by atoms with Crippen molar-refractivity contribution in [2.45, 2.75) is 11.4 Å². The lowest BCUT2D eigenvalue weighted by molar-refractivity contribution is 0.0951. The predicted molar refractivity (Wildman–Crippen MR) is 149 cm³/mol. The third-order valence-corrected chi connectivity index (χ3v) is 9.03.